The second kappa shape index (κ2) is 5.03. The molecule has 1 fully saturated rings. The van der Waals surface area contributed by atoms with Crippen molar-refractivity contribution in [3.8, 4) is 0 Å². The van der Waals surface area contributed by atoms with E-state index in [1.54, 1.807) is 18.2 Å². The highest BCUT2D eigenvalue weighted by molar-refractivity contribution is 7.89. The van der Waals surface area contributed by atoms with Gasteiger partial charge in [-0.05, 0) is 25.0 Å². The molecular formula is C11H16N2O3S. The minimum absolute atomic E-state index is 0.130. The lowest BCUT2D eigenvalue weighted by Crippen LogP contribution is -2.30. The SMILES string of the molecule is NS(=O)(=O)c1ccccc1NC1CCCOC1. The highest BCUT2D eigenvalue weighted by Crippen LogP contribution is 2.22. The molecule has 94 valence electrons. The van der Waals surface area contributed by atoms with Gasteiger partial charge in [-0.1, -0.05) is 12.1 Å². The molecule has 1 saturated heterocycles. The van der Waals surface area contributed by atoms with Crippen LogP contribution in [-0.2, 0) is 14.8 Å². The Morgan fingerprint density at radius 1 is 1.35 bits per heavy atom. The summed E-state index contributed by atoms with van der Waals surface area (Å²) in [6, 6.07) is 6.80. The average Bonchev–Trinajstić information content (AvgIpc) is 2.30. The molecule has 0 spiro atoms. The van der Waals surface area contributed by atoms with Crippen LogP contribution in [0.4, 0.5) is 5.69 Å². The molecule has 0 aliphatic carbocycles. The molecule has 0 aromatic heterocycles. The average molecular weight is 256 g/mol. The molecule has 3 N–H and O–H groups in total. The number of benzene rings is 1. The number of anilines is 1. The summed E-state index contributed by atoms with van der Waals surface area (Å²) >= 11 is 0. The van der Waals surface area contributed by atoms with Crippen molar-refractivity contribution < 1.29 is 13.2 Å². The van der Waals surface area contributed by atoms with Crippen molar-refractivity contribution in [1.29, 1.82) is 0 Å². The Kier molecular flexibility index (Phi) is 3.66. The van der Waals surface area contributed by atoms with E-state index < -0.39 is 10.0 Å². The van der Waals surface area contributed by atoms with Crippen LogP contribution in [0.5, 0.6) is 0 Å². The molecular weight excluding hydrogens is 240 g/mol. The van der Waals surface area contributed by atoms with Gasteiger partial charge < -0.3 is 10.1 Å². The Morgan fingerprint density at radius 3 is 2.76 bits per heavy atom. The summed E-state index contributed by atoms with van der Waals surface area (Å²) in [6.07, 6.45) is 1.95. The Morgan fingerprint density at radius 2 is 2.12 bits per heavy atom. The fraction of sp³-hybridized carbons (Fsp3) is 0.455. The Balaban J connectivity index is 2.20. The molecule has 0 saturated carbocycles. The quantitative estimate of drug-likeness (QED) is 0.842. The topological polar surface area (TPSA) is 81.4 Å². The van der Waals surface area contributed by atoms with E-state index in [-0.39, 0.29) is 10.9 Å². The van der Waals surface area contributed by atoms with Gasteiger partial charge in [0.05, 0.1) is 12.3 Å². The van der Waals surface area contributed by atoms with Crippen LogP contribution >= 0.6 is 0 Å². The number of primary sulfonamides is 1. The zero-order chi connectivity index (χ0) is 12.3. The molecule has 0 amide bonds. The molecule has 5 nitrogen and oxygen atoms in total. The normalized spacial score (nSPS) is 21.1. The largest absolute Gasteiger partial charge is 0.379 e. The maximum Gasteiger partial charge on any atom is 0.240 e. The van der Waals surface area contributed by atoms with Crippen molar-refractivity contribution in [3.63, 3.8) is 0 Å². The van der Waals surface area contributed by atoms with Gasteiger partial charge in [-0.25, -0.2) is 13.6 Å². The highest BCUT2D eigenvalue weighted by Gasteiger charge is 2.18. The first-order valence-electron chi connectivity index (χ1n) is 5.53. The summed E-state index contributed by atoms with van der Waals surface area (Å²) in [6.45, 7) is 1.37. The number of ether oxygens (including phenoxy) is 1. The number of para-hydroxylation sites is 1. The Bertz CT molecular complexity index is 481. The van der Waals surface area contributed by atoms with E-state index in [2.05, 4.69) is 5.32 Å². The lowest BCUT2D eigenvalue weighted by atomic mass is 10.1. The molecule has 1 aromatic rings. The van der Waals surface area contributed by atoms with Crippen LogP contribution in [0.2, 0.25) is 0 Å². The zero-order valence-corrected chi connectivity index (χ0v) is 10.2. The maximum atomic E-state index is 11.4. The molecule has 1 unspecified atom stereocenters. The molecule has 1 aliphatic rings. The van der Waals surface area contributed by atoms with Gasteiger partial charge in [0, 0.05) is 12.6 Å². The van der Waals surface area contributed by atoms with Crippen molar-refractivity contribution in [2.75, 3.05) is 18.5 Å². The van der Waals surface area contributed by atoms with Crippen molar-refractivity contribution in [1.82, 2.24) is 0 Å². The van der Waals surface area contributed by atoms with E-state index in [1.807, 2.05) is 0 Å². The summed E-state index contributed by atoms with van der Waals surface area (Å²) < 4.78 is 28.1. The maximum absolute atomic E-state index is 11.4. The van der Waals surface area contributed by atoms with Gasteiger partial charge in [0.25, 0.3) is 0 Å². The minimum atomic E-state index is -3.69. The number of rotatable bonds is 3. The Hall–Kier alpha value is -1.11. The third kappa shape index (κ3) is 3.18. The minimum Gasteiger partial charge on any atom is -0.379 e. The standard InChI is InChI=1S/C11H16N2O3S/c12-17(14,15)11-6-2-1-5-10(11)13-9-4-3-7-16-8-9/h1-2,5-6,9,13H,3-4,7-8H2,(H2,12,14,15). The van der Waals surface area contributed by atoms with E-state index in [0.29, 0.717) is 12.3 Å². The first kappa shape index (κ1) is 12.3. The third-order valence-electron chi connectivity index (χ3n) is 2.71. The van der Waals surface area contributed by atoms with Gasteiger partial charge in [-0.2, -0.15) is 0 Å². The van der Waals surface area contributed by atoms with Crippen LogP contribution in [-0.4, -0.2) is 27.7 Å². The monoisotopic (exact) mass is 256 g/mol. The molecule has 1 aliphatic heterocycles. The first-order valence-corrected chi connectivity index (χ1v) is 7.08. The van der Waals surface area contributed by atoms with Crippen molar-refractivity contribution in [3.05, 3.63) is 24.3 Å². The second-order valence-electron chi connectivity index (χ2n) is 4.10. The lowest BCUT2D eigenvalue weighted by molar-refractivity contribution is 0.0875. The van der Waals surface area contributed by atoms with Crippen molar-refractivity contribution in [2.24, 2.45) is 5.14 Å². The summed E-state index contributed by atoms with van der Waals surface area (Å²) in [5, 5.41) is 8.34. The number of hydrogen-bond donors (Lipinski definition) is 2. The zero-order valence-electron chi connectivity index (χ0n) is 9.43. The number of nitrogens with two attached hydrogens (primary N) is 1. The fourth-order valence-electron chi connectivity index (χ4n) is 1.91. The molecule has 1 aromatic carbocycles. The molecule has 1 heterocycles. The molecule has 17 heavy (non-hydrogen) atoms. The van der Waals surface area contributed by atoms with Crippen LogP contribution in [0.25, 0.3) is 0 Å². The second-order valence-corrected chi connectivity index (χ2v) is 5.63. The van der Waals surface area contributed by atoms with Crippen LogP contribution in [0.1, 0.15) is 12.8 Å². The fourth-order valence-corrected chi connectivity index (χ4v) is 2.61. The van der Waals surface area contributed by atoms with E-state index in [9.17, 15) is 8.42 Å². The Labute approximate surface area is 101 Å². The van der Waals surface area contributed by atoms with Gasteiger partial charge >= 0.3 is 0 Å². The van der Waals surface area contributed by atoms with E-state index >= 15 is 0 Å². The molecule has 6 heteroatoms. The molecule has 0 bridgehead atoms. The van der Waals surface area contributed by atoms with Crippen LogP contribution in [0.15, 0.2) is 29.2 Å². The van der Waals surface area contributed by atoms with Crippen molar-refractivity contribution in [2.45, 2.75) is 23.8 Å². The molecule has 1 atom stereocenters. The van der Waals surface area contributed by atoms with Gasteiger partial charge in [0.15, 0.2) is 0 Å². The number of sulfonamides is 1. The molecule has 0 radical (unpaired) electrons. The van der Waals surface area contributed by atoms with Gasteiger partial charge in [-0.3, -0.25) is 0 Å². The van der Waals surface area contributed by atoms with Gasteiger partial charge in [0.1, 0.15) is 4.90 Å². The highest BCUT2D eigenvalue weighted by atomic mass is 32.2. The van der Waals surface area contributed by atoms with Crippen LogP contribution in [0.3, 0.4) is 0 Å². The predicted molar refractivity (Wildman–Crippen MR) is 65.3 cm³/mol. The van der Waals surface area contributed by atoms with Crippen LogP contribution in [0, 0.1) is 0 Å². The van der Waals surface area contributed by atoms with Crippen molar-refractivity contribution >= 4 is 15.7 Å². The number of nitrogens with one attached hydrogen (secondary N) is 1. The number of hydrogen-bond acceptors (Lipinski definition) is 4. The van der Waals surface area contributed by atoms with Gasteiger partial charge in [0.2, 0.25) is 10.0 Å². The van der Waals surface area contributed by atoms with E-state index in [0.717, 1.165) is 19.4 Å². The predicted octanol–water partition coefficient (Wildman–Crippen LogP) is 0.925. The lowest BCUT2D eigenvalue weighted by Gasteiger charge is -2.24. The summed E-state index contributed by atoms with van der Waals surface area (Å²) in [7, 11) is -3.69. The first-order chi connectivity index (χ1) is 8.07. The van der Waals surface area contributed by atoms with E-state index in [4.69, 9.17) is 9.88 Å². The summed E-state index contributed by atoms with van der Waals surface area (Å²) in [4.78, 5) is 0.130. The molecule has 2 rings (SSSR count). The smallest absolute Gasteiger partial charge is 0.240 e. The van der Waals surface area contributed by atoms with E-state index in [1.165, 1.54) is 6.07 Å². The summed E-state index contributed by atoms with van der Waals surface area (Å²) in [5.41, 5.74) is 0.547. The summed E-state index contributed by atoms with van der Waals surface area (Å²) in [5.74, 6) is 0. The third-order valence-corrected chi connectivity index (χ3v) is 3.68. The van der Waals surface area contributed by atoms with Crippen LogP contribution < -0.4 is 10.5 Å². The van der Waals surface area contributed by atoms with Gasteiger partial charge in [-0.15, -0.1) is 0 Å².